The number of nitrogens with two attached hydrogens (primary N) is 1. The van der Waals surface area contributed by atoms with Crippen molar-refractivity contribution in [3.8, 4) is 17.2 Å². The number of hydrogen-bond acceptors (Lipinski definition) is 3. The molecule has 2 rings (SSSR count). The minimum atomic E-state index is -0.569. The molecule has 0 fully saturated rings. The fourth-order valence-corrected chi connectivity index (χ4v) is 1.96. The highest BCUT2D eigenvalue weighted by molar-refractivity contribution is 9.10. The van der Waals surface area contributed by atoms with Gasteiger partial charge in [0, 0.05) is 10.0 Å². The number of phenols is 1. The zero-order valence-corrected chi connectivity index (χ0v) is 11.8. The van der Waals surface area contributed by atoms with E-state index in [0.29, 0.717) is 17.1 Å². The Morgan fingerprint density at radius 2 is 2.00 bits per heavy atom. The van der Waals surface area contributed by atoms with E-state index < -0.39 is 5.91 Å². The summed E-state index contributed by atoms with van der Waals surface area (Å²) >= 11 is 3.31. The first-order valence-electron chi connectivity index (χ1n) is 5.55. The van der Waals surface area contributed by atoms with Crippen molar-refractivity contribution in [1.29, 1.82) is 0 Å². The minimum absolute atomic E-state index is 0.133. The number of carbonyl (C=O) groups is 1. The number of rotatable bonds is 3. The van der Waals surface area contributed by atoms with Gasteiger partial charge in [0.05, 0.1) is 5.56 Å². The maximum Gasteiger partial charge on any atom is 0.252 e. The summed E-state index contributed by atoms with van der Waals surface area (Å²) in [6, 6.07) is 9.89. The molecular formula is C14H12BrNO3. The van der Waals surface area contributed by atoms with Crippen LogP contribution in [0, 0.1) is 6.92 Å². The lowest BCUT2D eigenvalue weighted by Crippen LogP contribution is -2.12. The van der Waals surface area contributed by atoms with Gasteiger partial charge in [0.25, 0.3) is 5.91 Å². The van der Waals surface area contributed by atoms with Crippen molar-refractivity contribution < 1.29 is 14.6 Å². The molecule has 5 heteroatoms. The van der Waals surface area contributed by atoms with Crippen LogP contribution in [0.3, 0.4) is 0 Å². The van der Waals surface area contributed by atoms with Crippen molar-refractivity contribution in [2.75, 3.05) is 0 Å². The van der Waals surface area contributed by atoms with Crippen molar-refractivity contribution in [3.63, 3.8) is 0 Å². The van der Waals surface area contributed by atoms with E-state index in [1.165, 1.54) is 0 Å². The number of benzene rings is 2. The molecule has 1 amide bonds. The standard InChI is InChI=1S/C14H12BrNO3/c1-8-11(17)3-2-4-12(8)19-13-7-9(15)5-6-10(13)14(16)18/h2-7,17H,1H3,(H2,16,18). The summed E-state index contributed by atoms with van der Waals surface area (Å²) in [5.41, 5.74) is 6.18. The molecule has 3 N–H and O–H groups in total. The molecule has 0 bridgehead atoms. The zero-order valence-electron chi connectivity index (χ0n) is 10.2. The molecule has 2 aromatic carbocycles. The highest BCUT2D eigenvalue weighted by Gasteiger charge is 2.12. The van der Waals surface area contributed by atoms with Crippen LogP contribution in [0.1, 0.15) is 15.9 Å². The Balaban J connectivity index is 2.45. The average Bonchev–Trinajstić information content (AvgIpc) is 2.35. The van der Waals surface area contributed by atoms with Crippen molar-refractivity contribution in [2.24, 2.45) is 5.73 Å². The summed E-state index contributed by atoms with van der Waals surface area (Å²) < 4.78 is 6.44. The maximum absolute atomic E-state index is 11.4. The lowest BCUT2D eigenvalue weighted by Gasteiger charge is -2.12. The van der Waals surface area contributed by atoms with Gasteiger partial charge in [-0.3, -0.25) is 4.79 Å². The van der Waals surface area contributed by atoms with Gasteiger partial charge in [-0.1, -0.05) is 22.0 Å². The number of ether oxygens (including phenoxy) is 1. The molecule has 0 spiro atoms. The molecule has 0 aliphatic carbocycles. The molecule has 0 saturated heterocycles. The van der Waals surface area contributed by atoms with Gasteiger partial charge in [-0.25, -0.2) is 0 Å². The second-order valence-electron chi connectivity index (χ2n) is 4.01. The van der Waals surface area contributed by atoms with Crippen molar-refractivity contribution in [3.05, 3.63) is 52.0 Å². The first-order chi connectivity index (χ1) is 8.99. The number of amides is 1. The van der Waals surface area contributed by atoms with E-state index in [-0.39, 0.29) is 11.3 Å². The lowest BCUT2D eigenvalue weighted by atomic mass is 10.1. The number of hydrogen-bond donors (Lipinski definition) is 2. The van der Waals surface area contributed by atoms with Gasteiger partial charge in [-0.05, 0) is 37.3 Å². The van der Waals surface area contributed by atoms with Crippen LogP contribution in [-0.2, 0) is 0 Å². The average molecular weight is 322 g/mol. The van der Waals surface area contributed by atoms with Crippen LogP contribution >= 0.6 is 15.9 Å². The Morgan fingerprint density at radius 3 is 2.68 bits per heavy atom. The molecule has 4 nitrogen and oxygen atoms in total. The molecule has 0 atom stereocenters. The molecular weight excluding hydrogens is 310 g/mol. The minimum Gasteiger partial charge on any atom is -0.508 e. The third kappa shape index (κ3) is 2.88. The van der Waals surface area contributed by atoms with E-state index in [1.807, 2.05) is 0 Å². The number of primary amides is 1. The molecule has 0 unspecified atom stereocenters. The SMILES string of the molecule is Cc1c(O)cccc1Oc1cc(Br)ccc1C(N)=O. The number of phenolic OH excluding ortho intramolecular Hbond substituents is 1. The molecule has 0 aromatic heterocycles. The molecule has 0 aliphatic rings. The van der Waals surface area contributed by atoms with Gasteiger partial charge in [0.2, 0.25) is 0 Å². The number of aromatic hydroxyl groups is 1. The first kappa shape index (κ1) is 13.4. The van der Waals surface area contributed by atoms with Gasteiger partial charge in [0.15, 0.2) is 0 Å². The van der Waals surface area contributed by atoms with Gasteiger partial charge >= 0.3 is 0 Å². The van der Waals surface area contributed by atoms with E-state index in [1.54, 1.807) is 43.3 Å². The van der Waals surface area contributed by atoms with Gasteiger partial charge in [0.1, 0.15) is 17.2 Å². The second-order valence-corrected chi connectivity index (χ2v) is 4.92. The molecule has 0 saturated carbocycles. The normalized spacial score (nSPS) is 10.2. The summed E-state index contributed by atoms with van der Waals surface area (Å²) in [6.07, 6.45) is 0. The second kappa shape index (κ2) is 5.32. The smallest absolute Gasteiger partial charge is 0.252 e. The highest BCUT2D eigenvalue weighted by atomic mass is 79.9. The van der Waals surface area contributed by atoms with Crippen LogP contribution in [0.4, 0.5) is 0 Å². The Bertz CT molecular complexity index is 641. The third-order valence-corrected chi connectivity index (χ3v) is 3.18. The van der Waals surface area contributed by atoms with Gasteiger partial charge in [-0.2, -0.15) is 0 Å². The molecule has 0 heterocycles. The lowest BCUT2D eigenvalue weighted by molar-refractivity contribution is 0.0998. The summed E-state index contributed by atoms with van der Waals surface area (Å²) in [7, 11) is 0. The van der Waals surface area contributed by atoms with Crippen LogP contribution in [0.2, 0.25) is 0 Å². The van der Waals surface area contributed by atoms with Crippen molar-refractivity contribution >= 4 is 21.8 Å². The molecule has 0 radical (unpaired) electrons. The van der Waals surface area contributed by atoms with E-state index >= 15 is 0 Å². The Kier molecular flexibility index (Phi) is 3.76. The van der Waals surface area contributed by atoms with Crippen LogP contribution < -0.4 is 10.5 Å². The van der Waals surface area contributed by atoms with Crippen LogP contribution in [-0.4, -0.2) is 11.0 Å². The summed E-state index contributed by atoms with van der Waals surface area (Å²) in [5, 5.41) is 9.63. The molecule has 19 heavy (non-hydrogen) atoms. The largest absolute Gasteiger partial charge is 0.508 e. The van der Waals surface area contributed by atoms with E-state index in [0.717, 1.165) is 4.47 Å². The first-order valence-corrected chi connectivity index (χ1v) is 6.34. The number of carbonyl (C=O) groups excluding carboxylic acids is 1. The van der Waals surface area contributed by atoms with Crippen LogP contribution in [0.25, 0.3) is 0 Å². The van der Waals surface area contributed by atoms with E-state index in [9.17, 15) is 9.90 Å². The van der Waals surface area contributed by atoms with Crippen LogP contribution in [0.15, 0.2) is 40.9 Å². The topological polar surface area (TPSA) is 72.6 Å². The maximum atomic E-state index is 11.4. The Morgan fingerprint density at radius 1 is 1.26 bits per heavy atom. The zero-order chi connectivity index (χ0) is 14.0. The quantitative estimate of drug-likeness (QED) is 0.910. The van der Waals surface area contributed by atoms with Crippen molar-refractivity contribution in [1.82, 2.24) is 0 Å². The number of halogens is 1. The predicted octanol–water partition coefficient (Wildman–Crippen LogP) is 3.35. The van der Waals surface area contributed by atoms with Crippen LogP contribution in [0.5, 0.6) is 17.2 Å². The summed E-state index contributed by atoms with van der Waals surface area (Å²) in [6.45, 7) is 1.73. The fourth-order valence-electron chi connectivity index (χ4n) is 1.62. The van der Waals surface area contributed by atoms with E-state index in [2.05, 4.69) is 15.9 Å². The molecule has 0 aliphatic heterocycles. The Hall–Kier alpha value is -2.01. The predicted molar refractivity (Wildman–Crippen MR) is 75.6 cm³/mol. The highest BCUT2D eigenvalue weighted by Crippen LogP contribution is 2.33. The Labute approximate surface area is 118 Å². The van der Waals surface area contributed by atoms with E-state index in [4.69, 9.17) is 10.5 Å². The van der Waals surface area contributed by atoms with Gasteiger partial charge in [-0.15, -0.1) is 0 Å². The van der Waals surface area contributed by atoms with Crippen molar-refractivity contribution in [2.45, 2.75) is 6.92 Å². The monoisotopic (exact) mass is 321 g/mol. The molecule has 2 aromatic rings. The van der Waals surface area contributed by atoms with Gasteiger partial charge < -0.3 is 15.6 Å². The summed E-state index contributed by atoms with van der Waals surface area (Å²) in [5.74, 6) is 0.379. The fraction of sp³-hybridized carbons (Fsp3) is 0.0714. The third-order valence-electron chi connectivity index (χ3n) is 2.68. The summed E-state index contributed by atoms with van der Waals surface area (Å²) in [4.78, 5) is 11.4. The molecule has 98 valence electrons.